The zero-order chi connectivity index (χ0) is 17.9. The Morgan fingerprint density at radius 2 is 1.96 bits per heavy atom. The summed E-state index contributed by atoms with van der Waals surface area (Å²) in [6.07, 6.45) is 1.80. The molecule has 0 atom stereocenters. The predicted octanol–water partition coefficient (Wildman–Crippen LogP) is 2.43. The third-order valence-electron chi connectivity index (χ3n) is 4.42. The molecule has 0 aliphatic rings. The van der Waals surface area contributed by atoms with Gasteiger partial charge in [0.1, 0.15) is 17.2 Å². The molecular weight excluding hydrogens is 328 g/mol. The number of methoxy groups -OCH3 is 1. The molecule has 0 radical (unpaired) electrons. The summed E-state index contributed by atoms with van der Waals surface area (Å²) in [6.45, 7) is 2.87. The molecule has 0 aliphatic heterocycles. The number of H-pyrrole nitrogens is 1. The lowest BCUT2D eigenvalue weighted by atomic mass is 10.3. The van der Waals surface area contributed by atoms with Gasteiger partial charge in [0.2, 0.25) is 0 Å². The van der Waals surface area contributed by atoms with E-state index in [4.69, 9.17) is 14.7 Å². The first kappa shape index (κ1) is 16.7. The lowest BCUT2D eigenvalue weighted by molar-refractivity contribution is 0.157. The van der Waals surface area contributed by atoms with Gasteiger partial charge in [-0.2, -0.15) is 0 Å². The zero-order valence-corrected chi connectivity index (χ0v) is 15.0. The van der Waals surface area contributed by atoms with Crippen LogP contribution in [0.1, 0.15) is 11.6 Å². The van der Waals surface area contributed by atoms with Gasteiger partial charge in [0.15, 0.2) is 5.65 Å². The minimum absolute atomic E-state index is 0.607. The number of nitrogens with zero attached hydrogens (tertiary/aromatic N) is 5. The largest absolute Gasteiger partial charge is 0.383 e. The number of fused-ring (bicyclic) bond motifs is 2. The van der Waals surface area contributed by atoms with Crippen LogP contribution in [0, 0.1) is 0 Å². The average molecular weight is 350 g/mol. The van der Waals surface area contributed by atoms with E-state index in [0.717, 1.165) is 46.9 Å². The summed E-state index contributed by atoms with van der Waals surface area (Å²) in [6, 6.07) is 12.0. The van der Waals surface area contributed by atoms with E-state index in [2.05, 4.69) is 26.5 Å². The first-order valence-corrected chi connectivity index (χ1v) is 8.66. The predicted molar refractivity (Wildman–Crippen MR) is 101 cm³/mol. The van der Waals surface area contributed by atoms with Crippen molar-refractivity contribution in [3.8, 4) is 0 Å². The molecule has 0 saturated heterocycles. The second-order valence-corrected chi connectivity index (χ2v) is 6.39. The van der Waals surface area contributed by atoms with Crippen LogP contribution in [0.3, 0.4) is 0 Å². The molecule has 134 valence electrons. The number of aromatic amines is 1. The van der Waals surface area contributed by atoms with E-state index >= 15 is 0 Å². The number of imidazole rings is 2. The monoisotopic (exact) mass is 350 g/mol. The Morgan fingerprint density at radius 3 is 2.81 bits per heavy atom. The third-order valence-corrected chi connectivity index (χ3v) is 4.42. The number of rotatable bonds is 7. The number of pyridine rings is 1. The fourth-order valence-electron chi connectivity index (χ4n) is 3.09. The highest BCUT2D eigenvalue weighted by Gasteiger charge is 2.15. The Kier molecular flexibility index (Phi) is 4.64. The van der Waals surface area contributed by atoms with Gasteiger partial charge in [-0.1, -0.05) is 12.1 Å². The average Bonchev–Trinajstić information content (AvgIpc) is 3.21. The van der Waals surface area contributed by atoms with E-state index < -0.39 is 0 Å². The van der Waals surface area contributed by atoms with E-state index in [-0.39, 0.29) is 0 Å². The summed E-state index contributed by atoms with van der Waals surface area (Å²) in [5.74, 6) is 1.87. The fraction of sp³-hybridized carbons (Fsp3) is 0.316. The molecule has 3 aromatic heterocycles. The van der Waals surface area contributed by atoms with E-state index in [1.54, 1.807) is 13.3 Å². The van der Waals surface area contributed by atoms with Crippen LogP contribution in [-0.2, 0) is 17.8 Å². The summed E-state index contributed by atoms with van der Waals surface area (Å²) in [7, 11) is 3.78. The number of ether oxygens (including phenoxy) is 1. The zero-order valence-electron chi connectivity index (χ0n) is 15.0. The summed E-state index contributed by atoms with van der Waals surface area (Å²) in [5.41, 5.74) is 3.79. The van der Waals surface area contributed by atoms with Gasteiger partial charge in [0.05, 0.1) is 30.7 Å². The van der Waals surface area contributed by atoms with Gasteiger partial charge in [0.25, 0.3) is 0 Å². The third kappa shape index (κ3) is 3.31. The molecule has 7 nitrogen and oxygen atoms in total. The molecule has 0 spiro atoms. The first-order chi connectivity index (χ1) is 12.7. The second-order valence-electron chi connectivity index (χ2n) is 6.39. The van der Waals surface area contributed by atoms with Gasteiger partial charge in [-0.05, 0) is 31.3 Å². The summed E-state index contributed by atoms with van der Waals surface area (Å²) >= 11 is 0. The van der Waals surface area contributed by atoms with Crippen LogP contribution in [0.15, 0.2) is 42.6 Å². The molecular formula is C19H22N6O. The molecule has 0 bridgehead atoms. The number of nitrogens with one attached hydrogen (secondary N) is 1. The molecule has 0 aliphatic carbocycles. The Morgan fingerprint density at radius 1 is 1.12 bits per heavy atom. The van der Waals surface area contributed by atoms with Crippen molar-refractivity contribution in [2.45, 2.75) is 13.1 Å². The van der Waals surface area contributed by atoms with Crippen molar-refractivity contribution >= 4 is 22.2 Å². The van der Waals surface area contributed by atoms with Crippen molar-refractivity contribution in [2.24, 2.45) is 0 Å². The van der Waals surface area contributed by atoms with Crippen molar-refractivity contribution in [3.63, 3.8) is 0 Å². The van der Waals surface area contributed by atoms with E-state index in [1.807, 2.05) is 36.4 Å². The van der Waals surface area contributed by atoms with Crippen LogP contribution in [0.4, 0.5) is 0 Å². The number of hydrogen-bond donors (Lipinski definition) is 1. The van der Waals surface area contributed by atoms with Crippen molar-refractivity contribution in [2.75, 3.05) is 27.3 Å². The maximum atomic E-state index is 5.17. The Labute approximate surface area is 151 Å². The normalized spacial score (nSPS) is 11.8. The number of aromatic nitrogens is 5. The van der Waals surface area contributed by atoms with Gasteiger partial charge in [-0.25, -0.2) is 15.0 Å². The molecule has 0 saturated carbocycles. The number of likely N-dealkylation sites (N-methyl/N-ethyl adjacent to an activating group) is 1. The van der Waals surface area contributed by atoms with Crippen molar-refractivity contribution < 1.29 is 4.74 Å². The van der Waals surface area contributed by atoms with E-state index in [9.17, 15) is 0 Å². The minimum Gasteiger partial charge on any atom is -0.383 e. The van der Waals surface area contributed by atoms with Crippen molar-refractivity contribution in [3.05, 3.63) is 54.2 Å². The van der Waals surface area contributed by atoms with Crippen LogP contribution in [-0.4, -0.2) is 56.7 Å². The summed E-state index contributed by atoms with van der Waals surface area (Å²) in [4.78, 5) is 19.6. The van der Waals surface area contributed by atoms with Crippen molar-refractivity contribution in [1.29, 1.82) is 0 Å². The van der Waals surface area contributed by atoms with E-state index in [0.29, 0.717) is 13.2 Å². The fourth-order valence-corrected chi connectivity index (χ4v) is 3.09. The summed E-state index contributed by atoms with van der Waals surface area (Å²) in [5, 5.41) is 0. The molecule has 1 N–H and O–H groups in total. The topological polar surface area (TPSA) is 71.9 Å². The quantitative estimate of drug-likeness (QED) is 0.554. The number of para-hydroxylation sites is 2. The SMILES string of the molecule is COCCN(C)Cc1nc2cccnc2n1Cc1nc2ccccc2[nH]1. The molecule has 0 fully saturated rings. The molecule has 7 heteroatoms. The van der Waals surface area contributed by atoms with Gasteiger partial charge in [0, 0.05) is 19.9 Å². The molecule has 0 unspecified atom stereocenters. The van der Waals surface area contributed by atoms with Crippen LogP contribution in [0.25, 0.3) is 22.2 Å². The van der Waals surface area contributed by atoms with Crippen LogP contribution >= 0.6 is 0 Å². The van der Waals surface area contributed by atoms with Crippen LogP contribution in [0.2, 0.25) is 0 Å². The standard InChI is InChI=1S/C19H22N6O/c1-24(10-11-26-2)13-18-23-16-8-5-9-20-19(16)25(18)12-17-21-14-6-3-4-7-15(14)22-17/h3-9H,10-13H2,1-2H3,(H,21,22). The molecule has 4 rings (SSSR count). The summed E-state index contributed by atoms with van der Waals surface area (Å²) < 4.78 is 7.31. The smallest absolute Gasteiger partial charge is 0.160 e. The Bertz CT molecular complexity index is 988. The lowest BCUT2D eigenvalue weighted by Gasteiger charge is -2.16. The van der Waals surface area contributed by atoms with Crippen molar-refractivity contribution in [1.82, 2.24) is 29.4 Å². The lowest BCUT2D eigenvalue weighted by Crippen LogP contribution is -2.24. The molecule has 1 aromatic carbocycles. The van der Waals surface area contributed by atoms with Gasteiger partial charge >= 0.3 is 0 Å². The number of hydrogen-bond acceptors (Lipinski definition) is 5. The molecule has 26 heavy (non-hydrogen) atoms. The molecule has 0 amide bonds. The van der Waals surface area contributed by atoms with Gasteiger partial charge in [-0.3, -0.25) is 4.90 Å². The first-order valence-electron chi connectivity index (χ1n) is 8.66. The molecule has 4 aromatic rings. The second kappa shape index (κ2) is 7.23. The Hall–Kier alpha value is -2.77. The highest BCUT2D eigenvalue weighted by atomic mass is 16.5. The highest BCUT2D eigenvalue weighted by molar-refractivity contribution is 5.75. The minimum atomic E-state index is 0.607. The van der Waals surface area contributed by atoms with E-state index in [1.165, 1.54) is 0 Å². The molecule has 3 heterocycles. The maximum absolute atomic E-state index is 5.17. The maximum Gasteiger partial charge on any atom is 0.160 e. The Balaban J connectivity index is 1.68. The number of benzene rings is 1. The highest BCUT2D eigenvalue weighted by Crippen LogP contribution is 2.18. The van der Waals surface area contributed by atoms with Crippen LogP contribution in [0.5, 0.6) is 0 Å². The van der Waals surface area contributed by atoms with Gasteiger partial charge < -0.3 is 14.3 Å². The van der Waals surface area contributed by atoms with Gasteiger partial charge in [-0.15, -0.1) is 0 Å². The van der Waals surface area contributed by atoms with Crippen LogP contribution < -0.4 is 0 Å².